The minimum absolute atomic E-state index is 0.386. The van der Waals surface area contributed by atoms with Crippen LogP contribution in [0.2, 0.25) is 5.31 Å². The zero-order valence-electron chi connectivity index (χ0n) is 11.8. The van der Waals surface area contributed by atoms with E-state index >= 15 is 0 Å². The van der Waals surface area contributed by atoms with E-state index in [1.807, 2.05) is 0 Å². The van der Waals surface area contributed by atoms with Crippen LogP contribution in [0, 0.1) is 5.41 Å². The second kappa shape index (κ2) is 4.51. The highest BCUT2D eigenvalue weighted by atomic mass is 14.4. The van der Waals surface area contributed by atoms with Crippen LogP contribution in [-0.2, 0) is 12.8 Å². The van der Waals surface area contributed by atoms with Gasteiger partial charge in [-0.25, -0.2) is 0 Å². The van der Waals surface area contributed by atoms with Crippen LogP contribution >= 0.6 is 0 Å². The summed E-state index contributed by atoms with van der Waals surface area (Å²) in [6.45, 7) is 7.20. The number of hydrogen-bond acceptors (Lipinski definition) is 0. The molecule has 92 valence electrons. The van der Waals surface area contributed by atoms with Crippen LogP contribution in [0.4, 0.5) is 0 Å². The minimum Gasteiger partial charge on any atom is -0.0620 e. The van der Waals surface area contributed by atoms with Crippen LogP contribution in [-0.4, -0.2) is 7.85 Å². The third-order valence-corrected chi connectivity index (χ3v) is 4.93. The van der Waals surface area contributed by atoms with E-state index < -0.39 is 0 Å². The van der Waals surface area contributed by atoms with Gasteiger partial charge >= 0.3 is 0 Å². The van der Waals surface area contributed by atoms with Crippen molar-refractivity contribution in [3.63, 3.8) is 0 Å². The molecule has 1 atom stereocenters. The lowest BCUT2D eigenvalue weighted by molar-refractivity contribution is 0.236. The predicted molar refractivity (Wildman–Crippen MR) is 78.4 cm³/mol. The third-order valence-electron chi connectivity index (χ3n) is 4.93. The van der Waals surface area contributed by atoms with E-state index in [0.29, 0.717) is 10.7 Å². The number of aryl methyl sites for hydroxylation is 1. The highest BCUT2D eigenvalue weighted by molar-refractivity contribution is 6.16. The van der Waals surface area contributed by atoms with E-state index in [1.165, 1.54) is 32.1 Å². The normalized spacial score (nSPS) is 25.8. The molecule has 0 radical (unpaired) electrons. The van der Waals surface area contributed by atoms with Crippen molar-refractivity contribution in [2.75, 3.05) is 0 Å². The SMILES string of the molecule is BC1(C(C)(C)C)CCCCc2ccccc2C1. The Kier molecular flexibility index (Phi) is 3.38. The second-order valence-corrected chi connectivity index (χ2v) is 6.96. The Morgan fingerprint density at radius 2 is 1.71 bits per heavy atom. The van der Waals surface area contributed by atoms with Crippen molar-refractivity contribution < 1.29 is 0 Å². The lowest BCUT2D eigenvalue weighted by Gasteiger charge is -2.44. The molecule has 0 saturated carbocycles. The van der Waals surface area contributed by atoms with Gasteiger partial charge in [0, 0.05) is 0 Å². The molecule has 0 heterocycles. The first kappa shape index (κ1) is 12.7. The number of fused-ring (bicyclic) bond motifs is 1. The quantitative estimate of drug-likeness (QED) is 0.592. The molecule has 1 aliphatic carbocycles. The van der Waals surface area contributed by atoms with Gasteiger partial charge in [-0.05, 0) is 41.1 Å². The molecule has 0 fully saturated rings. The molecule has 0 spiro atoms. The monoisotopic (exact) mass is 228 g/mol. The number of hydrogen-bond donors (Lipinski definition) is 0. The zero-order chi connectivity index (χ0) is 12.5. The van der Waals surface area contributed by atoms with E-state index in [-0.39, 0.29) is 0 Å². The van der Waals surface area contributed by atoms with Crippen LogP contribution in [0.1, 0.15) is 51.2 Å². The molecule has 0 bridgehead atoms. The summed E-state index contributed by atoms with van der Waals surface area (Å²) in [5, 5.41) is 0.434. The molecule has 0 aromatic heterocycles. The zero-order valence-corrected chi connectivity index (χ0v) is 11.8. The first-order valence-electron chi connectivity index (χ1n) is 6.99. The summed E-state index contributed by atoms with van der Waals surface area (Å²) in [6, 6.07) is 9.05. The predicted octanol–water partition coefficient (Wildman–Crippen LogP) is 3.79. The van der Waals surface area contributed by atoms with Gasteiger partial charge in [0.15, 0.2) is 0 Å². The molecule has 0 N–H and O–H groups in total. The fourth-order valence-electron chi connectivity index (χ4n) is 2.95. The summed E-state index contributed by atoms with van der Waals surface area (Å²) < 4.78 is 0. The van der Waals surface area contributed by atoms with Crippen molar-refractivity contribution in [1.29, 1.82) is 0 Å². The highest BCUT2D eigenvalue weighted by Gasteiger charge is 2.37. The van der Waals surface area contributed by atoms with Gasteiger partial charge < -0.3 is 0 Å². The summed E-state index contributed by atoms with van der Waals surface area (Å²) in [7, 11) is 2.48. The lowest BCUT2D eigenvalue weighted by atomic mass is 9.49. The molecule has 0 saturated heterocycles. The Hall–Kier alpha value is -0.715. The molecule has 1 aliphatic rings. The number of benzene rings is 1. The standard InChI is InChI=1S/C16H25B/c1-15(2,3)16(17)11-7-6-9-13-8-4-5-10-14(13)12-16/h4-5,8,10H,6-7,9,11-12,17H2,1-3H3. The average Bonchev–Trinajstić information content (AvgIpc) is 2.22. The largest absolute Gasteiger partial charge is 0.110 e. The molecular weight excluding hydrogens is 203 g/mol. The molecule has 0 nitrogen and oxygen atoms in total. The Bertz CT molecular complexity index is 389. The third kappa shape index (κ3) is 2.59. The Labute approximate surface area is 107 Å². The second-order valence-electron chi connectivity index (χ2n) is 6.96. The fraction of sp³-hybridized carbons (Fsp3) is 0.625. The topological polar surface area (TPSA) is 0 Å². The number of rotatable bonds is 0. The first-order chi connectivity index (χ1) is 7.92. The lowest BCUT2D eigenvalue weighted by Crippen LogP contribution is -2.32. The van der Waals surface area contributed by atoms with E-state index in [0.717, 1.165) is 0 Å². The van der Waals surface area contributed by atoms with Crippen LogP contribution < -0.4 is 0 Å². The van der Waals surface area contributed by atoms with Gasteiger partial charge in [0.25, 0.3) is 0 Å². The van der Waals surface area contributed by atoms with Crippen LogP contribution in [0.3, 0.4) is 0 Å². The average molecular weight is 228 g/mol. The van der Waals surface area contributed by atoms with E-state index in [1.54, 1.807) is 11.1 Å². The van der Waals surface area contributed by atoms with Crippen molar-refractivity contribution in [2.24, 2.45) is 5.41 Å². The van der Waals surface area contributed by atoms with E-state index in [9.17, 15) is 0 Å². The maximum Gasteiger partial charge on any atom is 0.110 e. The van der Waals surface area contributed by atoms with Gasteiger partial charge in [-0.2, -0.15) is 0 Å². The Morgan fingerprint density at radius 1 is 1.06 bits per heavy atom. The Morgan fingerprint density at radius 3 is 2.35 bits per heavy atom. The van der Waals surface area contributed by atoms with Gasteiger partial charge in [-0.15, -0.1) is 0 Å². The maximum atomic E-state index is 2.48. The van der Waals surface area contributed by atoms with Crippen molar-refractivity contribution in [2.45, 2.75) is 58.2 Å². The van der Waals surface area contributed by atoms with Crippen LogP contribution in [0.15, 0.2) is 24.3 Å². The summed E-state index contributed by atoms with van der Waals surface area (Å²) in [6.07, 6.45) is 6.61. The van der Waals surface area contributed by atoms with Gasteiger partial charge in [-0.1, -0.05) is 57.9 Å². The van der Waals surface area contributed by atoms with Crippen molar-refractivity contribution in [1.82, 2.24) is 0 Å². The van der Waals surface area contributed by atoms with E-state index in [4.69, 9.17) is 0 Å². The fourth-order valence-corrected chi connectivity index (χ4v) is 2.95. The molecule has 1 unspecified atom stereocenters. The van der Waals surface area contributed by atoms with Crippen molar-refractivity contribution in [3.8, 4) is 0 Å². The van der Waals surface area contributed by atoms with Gasteiger partial charge in [0.2, 0.25) is 0 Å². The molecule has 1 heteroatoms. The maximum absolute atomic E-state index is 2.48. The molecule has 17 heavy (non-hydrogen) atoms. The summed E-state index contributed by atoms with van der Waals surface area (Å²) in [4.78, 5) is 0. The summed E-state index contributed by atoms with van der Waals surface area (Å²) in [5.41, 5.74) is 3.56. The van der Waals surface area contributed by atoms with Gasteiger partial charge in [-0.3, -0.25) is 0 Å². The molecule has 2 rings (SSSR count). The molecular formula is C16H25B. The van der Waals surface area contributed by atoms with E-state index in [2.05, 4.69) is 52.9 Å². The minimum atomic E-state index is 0.386. The van der Waals surface area contributed by atoms with Crippen LogP contribution in [0.25, 0.3) is 0 Å². The molecule has 1 aromatic carbocycles. The van der Waals surface area contributed by atoms with Gasteiger partial charge in [0.05, 0.1) is 0 Å². The first-order valence-corrected chi connectivity index (χ1v) is 6.99. The molecule has 0 amide bonds. The summed E-state index contributed by atoms with van der Waals surface area (Å²) >= 11 is 0. The van der Waals surface area contributed by atoms with Crippen molar-refractivity contribution in [3.05, 3.63) is 35.4 Å². The Balaban J connectivity index is 2.36. The molecule has 0 aliphatic heterocycles. The van der Waals surface area contributed by atoms with Gasteiger partial charge in [0.1, 0.15) is 7.85 Å². The van der Waals surface area contributed by atoms with Crippen LogP contribution in [0.5, 0.6) is 0 Å². The molecule has 1 aromatic rings. The van der Waals surface area contributed by atoms with Crippen molar-refractivity contribution >= 4 is 7.85 Å². The smallest absolute Gasteiger partial charge is 0.0620 e. The summed E-state index contributed by atoms with van der Waals surface area (Å²) in [5.74, 6) is 0. The highest BCUT2D eigenvalue weighted by Crippen LogP contribution is 2.50.